The molecular weight excluding hydrogens is 449 g/mol. The molecule has 0 fully saturated rings. The van der Waals surface area contributed by atoms with Gasteiger partial charge in [0.2, 0.25) is 5.91 Å². The zero-order valence-electron chi connectivity index (χ0n) is 18.9. The molecule has 7 nitrogen and oxygen atoms in total. The zero-order valence-corrected chi connectivity index (χ0v) is 18.9. The highest BCUT2D eigenvalue weighted by atomic mass is 19.4. The van der Waals surface area contributed by atoms with E-state index in [1.54, 1.807) is 50.2 Å². The van der Waals surface area contributed by atoms with E-state index < -0.39 is 29.8 Å². The minimum atomic E-state index is -4.64. The highest BCUT2D eigenvalue weighted by Gasteiger charge is 2.34. The molecule has 3 rings (SSSR count). The maximum atomic E-state index is 13.8. The lowest BCUT2D eigenvalue weighted by molar-refractivity contribution is -0.138. The summed E-state index contributed by atoms with van der Waals surface area (Å²) in [5.74, 6) is -0.634. The zero-order chi connectivity index (χ0) is 24.9. The first-order chi connectivity index (χ1) is 16.1. The summed E-state index contributed by atoms with van der Waals surface area (Å²) in [4.78, 5) is 24.5. The number of halogens is 3. The van der Waals surface area contributed by atoms with Crippen LogP contribution < -0.4 is 10.6 Å². The predicted octanol–water partition coefficient (Wildman–Crippen LogP) is 4.09. The standard InChI is InChI=1S/C24H25F3N4O3/c1-15-11-16(2)31(30-15)19-10-9-18(20(13-19)24(25,26)27)14-28-22(32)21(29-23(33)34-3)12-17-7-5-4-6-8-17/h4-11,13,21H,12,14H2,1-3H3,(H,28,32)(H,29,33)/t21-/m0/s1. The second-order valence-corrected chi connectivity index (χ2v) is 7.77. The Morgan fingerprint density at radius 1 is 1.09 bits per heavy atom. The van der Waals surface area contributed by atoms with Crippen LogP contribution >= 0.6 is 0 Å². The number of rotatable bonds is 7. The Morgan fingerprint density at radius 3 is 2.38 bits per heavy atom. The van der Waals surface area contributed by atoms with Crippen LogP contribution in [-0.2, 0) is 28.7 Å². The van der Waals surface area contributed by atoms with Crippen LogP contribution in [0.15, 0.2) is 54.6 Å². The van der Waals surface area contributed by atoms with Gasteiger partial charge >= 0.3 is 12.3 Å². The van der Waals surface area contributed by atoms with Gasteiger partial charge in [-0.25, -0.2) is 9.48 Å². The van der Waals surface area contributed by atoms with Crippen LogP contribution in [0.1, 0.15) is 28.1 Å². The summed E-state index contributed by atoms with van der Waals surface area (Å²) in [6.45, 7) is 3.13. The van der Waals surface area contributed by atoms with E-state index in [2.05, 4.69) is 20.5 Å². The Kier molecular flexibility index (Phi) is 7.60. The van der Waals surface area contributed by atoms with Crippen LogP contribution in [0.3, 0.4) is 0 Å². The van der Waals surface area contributed by atoms with Gasteiger partial charge in [0.15, 0.2) is 0 Å². The van der Waals surface area contributed by atoms with E-state index >= 15 is 0 Å². The van der Waals surface area contributed by atoms with Gasteiger partial charge in [-0.3, -0.25) is 4.79 Å². The Bertz CT molecular complexity index is 1160. The second kappa shape index (κ2) is 10.4. The molecule has 10 heteroatoms. The van der Waals surface area contributed by atoms with Gasteiger partial charge in [0.05, 0.1) is 24.1 Å². The molecule has 0 unspecified atom stereocenters. The molecule has 1 atom stereocenters. The average molecular weight is 474 g/mol. The number of ether oxygens (including phenoxy) is 1. The molecule has 0 aliphatic rings. The van der Waals surface area contributed by atoms with Gasteiger partial charge < -0.3 is 15.4 Å². The normalized spacial score (nSPS) is 12.2. The summed E-state index contributed by atoms with van der Waals surface area (Å²) < 4.78 is 47.5. The Balaban J connectivity index is 1.82. The molecule has 180 valence electrons. The van der Waals surface area contributed by atoms with Crippen LogP contribution in [0, 0.1) is 13.8 Å². The number of alkyl halides is 3. The number of carbonyl (C=O) groups excluding carboxylic acids is 2. The maximum absolute atomic E-state index is 13.8. The summed E-state index contributed by atoms with van der Waals surface area (Å²) in [6.07, 6.45) is -5.31. The summed E-state index contributed by atoms with van der Waals surface area (Å²) >= 11 is 0. The van der Waals surface area contributed by atoms with E-state index in [-0.39, 0.29) is 24.2 Å². The second-order valence-electron chi connectivity index (χ2n) is 7.77. The number of benzene rings is 2. The summed E-state index contributed by atoms with van der Waals surface area (Å²) in [5.41, 5.74) is 1.43. The fraction of sp³-hybridized carbons (Fsp3) is 0.292. The van der Waals surface area contributed by atoms with Gasteiger partial charge in [0, 0.05) is 18.7 Å². The third-order valence-corrected chi connectivity index (χ3v) is 5.18. The molecule has 0 spiro atoms. The van der Waals surface area contributed by atoms with Crippen LogP contribution in [0.2, 0.25) is 0 Å². The minimum Gasteiger partial charge on any atom is -0.453 e. The number of hydrogen-bond acceptors (Lipinski definition) is 4. The number of methoxy groups -OCH3 is 1. The van der Waals surface area contributed by atoms with Crippen molar-refractivity contribution in [1.82, 2.24) is 20.4 Å². The third kappa shape index (κ3) is 6.15. The molecule has 0 radical (unpaired) electrons. The fourth-order valence-corrected chi connectivity index (χ4v) is 3.57. The Labute approximate surface area is 194 Å². The van der Waals surface area contributed by atoms with Gasteiger partial charge in [-0.15, -0.1) is 0 Å². The van der Waals surface area contributed by atoms with E-state index in [0.29, 0.717) is 11.4 Å². The van der Waals surface area contributed by atoms with Crippen molar-refractivity contribution in [3.05, 3.63) is 82.7 Å². The van der Waals surface area contributed by atoms with Crippen molar-refractivity contribution < 1.29 is 27.5 Å². The van der Waals surface area contributed by atoms with E-state index in [4.69, 9.17) is 0 Å². The van der Waals surface area contributed by atoms with Gasteiger partial charge in [-0.05, 0) is 43.2 Å². The molecule has 0 aliphatic carbocycles. The molecule has 0 aliphatic heterocycles. The molecule has 1 aromatic heterocycles. The van der Waals surface area contributed by atoms with Crippen LogP contribution in [0.5, 0.6) is 0 Å². The fourth-order valence-electron chi connectivity index (χ4n) is 3.57. The Morgan fingerprint density at radius 2 is 1.79 bits per heavy atom. The van der Waals surface area contributed by atoms with Gasteiger partial charge in [-0.2, -0.15) is 18.3 Å². The topological polar surface area (TPSA) is 85.2 Å². The monoisotopic (exact) mass is 474 g/mol. The van der Waals surface area contributed by atoms with Crippen LogP contribution in [-0.4, -0.2) is 34.9 Å². The molecule has 0 saturated carbocycles. The van der Waals surface area contributed by atoms with Crippen molar-refractivity contribution >= 4 is 12.0 Å². The smallest absolute Gasteiger partial charge is 0.416 e. The first-order valence-corrected chi connectivity index (χ1v) is 10.5. The molecule has 2 amide bonds. The molecule has 2 N–H and O–H groups in total. The molecule has 34 heavy (non-hydrogen) atoms. The number of aromatic nitrogens is 2. The SMILES string of the molecule is COC(=O)N[C@@H](Cc1ccccc1)C(=O)NCc1ccc(-n2nc(C)cc2C)cc1C(F)(F)F. The van der Waals surface area contributed by atoms with Crippen molar-refractivity contribution in [3.63, 3.8) is 0 Å². The molecule has 2 aromatic carbocycles. The van der Waals surface area contributed by atoms with E-state index in [0.717, 1.165) is 18.7 Å². The summed E-state index contributed by atoms with van der Waals surface area (Å²) in [7, 11) is 1.16. The first-order valence-electron chi connectivity index (χ1n) is 10.5. The lowest BCUT2D eigenvalue weighted by Crippen LogP contribution is -2.47. The molecule has 1 heterocycles. The van der Waals surface area contributed by atoms with E-state index in [1.807, 2.05) is 0 Å². The molecular formula is C24H25F3N4O3. The van der Waals surface area contributed by atoms with Gasteiger partial charge in [0.1, 0.15) is 6.04 Å². The number of aryl methyl sites for hydroxylation is 2. The van der Waals surface area contributed by atoms with Crippen molar-refractivity contribution in [3.8, 4) is 5.69 Å². The third-order valence-electron chi connectivity index (χ3n) is 5.18. The van der Waals surface area contributed by atoms with E-state index in [9.17, 15) is 22.8 Å². The van der Waals surface area contributed by atoms with Crippen molar-refractivity contribution in [2.45, 2.75) is 39.0 Å². The van der Waals surface area contributed by atoms with Crippen LogP contribution in [0.25, 0.3) is 5.69 Å². The lowest BCUT2D eigenvalue weighted by atomic mass is 10.0. The van der Waals surface area contributed by atoms with Crippen LogP contribution in [0.4, 0.5) is 18.0 Å². The minimum absolute atomic E-state index is 0.109. The number of amides is 2. The highest BCUT2D eigenvalue weighted by Crippen LogP contribution is 2.33. The largest absolute Gasteiger partial charge is 0.453 e. The number of nitrogens with one attached hydrogen (secondary N) is 2. The summed E-state index contributed by atoms with van der Waals surface area (Å²) in [5, 5.41) is 9.17. The number of alkyl carbamates (subject to hydrolysis) is 1. The van der Waals surface area contributed by atoms with Crippen molar-refractivity contribution in [2.75, 3.05) is 7.11 Å². The average Bonchev–Trinajstić information content (AvgIpc) is 3.14. The number of hydrogen-bond donors (Lipinski definition) is 2. The molecule has 0 saturated heterocycles. The molecule has 3 aromatic rings. The maximum Gasteiger partial charge on any atom is 0.416 e. The number of nitrogens with zero attached hydrogens (tertiary/aromatic N) is 2. The highest BCUT2D eigenvalue weighted by molar-refractivity contribution is 5.85. The first kappa shape index (κ1) is 24.8. The van der Waals surface area contributed by atoms with E-state index in [1.165, 1.54) is 16.8 Å². The lowest BCUT2D eigenvalue weighted by Gasteiger charge is -2.19. The van der Waals surface area contributed by atoms with Gasteiger partial charge in [-0.1, -0.05) is 36.4 Å². The van der Waals surface area contributed by atoms with Crippen molar-refractivity contribution in [2.24, 2.45) is 0 Å². The van der Waals surface area contributed by atoms with Crippen molar-refractivity contribution in [1.29, 1.82) is 0 Å². The summed E-state index contributed by atoms with van der Waals surface area (Å²) in [6, 6.07) is 13.5. The van der Waals surface area contributed by atoms with Gasteiger partial charge in [0.25, 0.3) is 0 Å². The predicted molar refractivity (Wildman–Crippen MR) is 119 cm³/mol. The Hall–Kier alpha value is -3.82. The number of carbonyl (C=O) groups is 2. The quantitative estimate of drug-likeness (QED) is 0.540. The molecule has 0 bridgehead atoms.